The smallest absolute Gasteiger partial charge is 0.423 e. The van der Waals surface area contributed by atoms with Crippen molar-refractivity contribution in [1.29, 1.82) is 0 Å². The quantitative estimate of drug-likeness (QED) is 0.0968. The molecule has 0 unspecified atom stereocenters. The third kappa shape index (κ3) is 7.18. The van der Waals surface area contributed by atoms with Gasteiger partial charge in [0.05, 0.1) is 18.8 Å². The van der Waals surface area contributed by atoms with Gasteiger partial charge in [-0.15, -0.1) is 0 Å². The first kappa shape index (κ1) is 33.3. The number of ether oxygens (including phenoxy) is 3. The molecule has 0 N–H and O–H groups in total. The van der Waals surface area contributed by atoms with Gasteiger partial charge in [-0.05, 0) is 60.0 Å². The van der Waals surface area contributed by atoms with Crippen molar-refractivity contribution in [2.24, 2.45) is 5.92 Å². The second-order valence-electron chi connectivity index (χ2n) is 10.9. The number of hydrogen-bond acceptors (Lipinski definition) is 3. The molecule has 1 heterocycles. The van der Waals surface area contributed by atoms with E-state index in [9.17, 15) is 35.1 Å². The molecule has 12 heteroatoms. The molecule has 4 aromatic carbocycles. The van der Waals surface area contributed by atoms with E-state index in [1.807, 2.05) is 0 Å². The molecule has 0 radical (unpaired) electrons. The molecule has 1 fully saturated rings. The predicted octanol–water partition coefficient (Wildman–Crippen LogP) is 10.4. The minimum Gasteiger partial charge on any atom is -0.423 e. The van der Waals surface area contributed by atoms with Crippen LogP contribution in [0.5, 0.6) is 5.75 Å². The number of unbranched alkanes of at least 4 members (excludes halogenated alkanes) is 2. The average molecular weight is 655 g/mol. The number of alkyl halides is 2. The SMILES string of the molecule is CCCCCC1COC(c2ccc(-c3cc(F)c(OC(F)(F)c4ccc(-c5cc(F)c(F)c(F)c5)c(F)c4)c(F)c3)c(F)c2)OC1. The van der Waals surface area contributed by atoms with Crippen molar-refractivity contribution < 1.29 is 53.7 Å². The zero-order valence-electron chi connectivity index (χ0n) is 24.3. The minimum atomic E-state index is -4.50. The summed E-state index contributed by atoms with van der Waals surface area (Å²) >= 11 is 0. The highest BCUT2D eigenvalue weighted by Gasteiger charge is 2.38. The maximum Gasteiger partial charge on any atom is 0.427 e. The van der Waals surface area contributed by atoms with Crippen molar-refractivity contribution in [3.63, 3.8) is 0 Å². The van der Waals surface area contributed by atoms with Gasteiger partial charge in [-0.1, -0.05) is 44.4 Å². The van der Waals surface area contributed by atoms with Crippen LogP contribution < -0.4 is 4.74 Å². The van der Waals surface area contributed by atoms with Gasteiger partial charge >= 0.3 is 6.11 Å². The first-order chi connectivity index (χ1) is 21.9. The summed E-state index contributed by atoms with van der Waals surface area (Å²) in [4.78, 5) is 0. The fourth-order valence-electron chi connectivity index (χ4n) is 5.14. The third-order valence-electron chi connectivity index (χ3n) is 7.59. The Morgan fingerprint density at radius 3 is 1.76 bits per heavy atom. The first-order valence-corrected chi connectivity index (χ1v) is 14.4. The molecule has 0 aromatic heterocycles. The van der Waals surface area contributed by atoms with E-state index < -0.39 is 75.6 Å². The number of halogens is 9. The van der Waals surface area contributed by atoms with Crippen molar-refractivity contribution >= 4 is 0 Å². The van der Waals surface area contributed by atoms with Crippen LogP contribution in [0.25, 0.3) is 22.3 Å². The van der Waals surface area contributed by atoms with Gasteiger partial charge in [-0.25, -0.2) is 30.7 Å². The largest absolute Gasteiger partial charge is 0.427 e. The Morgan fingerprint density at radius 1 is 0.674 bits per heavy atom. The Kier molecular flexibility index (Phi) is 9.97. The maximum atomic E-state index is 15.1. The molecule has 1 aliphatic rings. The number of hydrogen-bond donors (Lipinski definition) is 0. The topological polar surface area (TPSA) is 27.7 Å². The van der Waals surface area contributed by atoms with Crippen LogP contribution in [0.4, 0.5) is 39.5 Å². The highest BCUT2D eigenvalue weighted by Crippen LogP contribution is 2.39. The lowest BCUT2D eigenvalue weighted by Crippen LogP contribution is -2.27. The molecule has 0 spiro atoms. The molecule has 0 saturated carbocycles. The van der Waals surface area contributed by atoms with Crippen LogP contribution in [-0.2, 0) is 15.6 Å². The van der Waals surface area contributed by atoms with Crippen molar-refractivity contribution in [1.82, 2.24) is 0 Å². The molecule has 4 aromatic rings. The van der Waals surface area contributed by atoms with Gasteiger partial charge in [-0.2, -0.15) is 8.78 Å². The Hall–Kier alpha value is -4.03. The molecule has 46 heavy (non-hydrogen) atoms. The molecule has 1 aliphatic heterocycles. The maximum absolute atomic E-state index is 15.1. The molecule has 0 bridgehead atoms. The number of rotatable bonds is 10. The molecular weight excluding hydrogens is 627 g/mol. The minimum absolute atomic E-state index is 0.225. The second-order valence-corrected chi connectivity index (χ2v) is 10.9. The second kappa shape index (κ2) is 13.8. The summed E-state index contributed by atoms with van der Waals surface area (Å²) in [5.74, 6) is -11.8. The molecule has 1 saturated heterocycles. The fourth-order valence-corrected chi connectivity index (χ4v) is 5.14. The number of benzene rings is 4. The lowest BCUT2D eigenvalue weighted by Gasteiger charge is -2.29. The van der Waals surface area contributed by atoms with Gasteiger partial charge in [0, 0.05) is 22.6 Å². The van der Waals surface area contributed by atoms with Crippen LogP contribution in [0.3, 0.4) is 0 Å². The van der Waals surface area contributed by atoms with Crippen molar-refractivity contribution in [2.75, 3.05) is 13.2 Å². The van der Waals surface area contributed by atoms with E-state index in [0.717, 1.165) is 31.7 Å². The molecule has 0 atom stereocenters. The molecule has 5 rings (SSSR count). The normalized spacial score (nSPS) is 16.9. The Morgan fingerprint density at radius 2 is 1.22 bits per heavy atom. The standard InChI is InChI=1S/C34H27F9O3/c1-2-3-4-5-18-16-44-33(45-17-18)19-6-8-23(25(35)10-19)21-13-29(39)32(30(40)14-21)46-34(42,43)22-7-9-24(26(36)15-22)20-11-27(37)31(41)28(38)12-20/h6-15,18,33H,2-5,16-17H2,1H3. The zero-order valence-corrected chi connectivity index (χ0v) is 24.3. The Balaban J connectivity index is 1.31. The molecule has 244 valence electrons. The lowest BCUT2D eigenvalue weighted by atomic mass is 10.0. The van der Waals surface area contributed by atoms with E-state index in [2.05, 4.69) is 11.7 Å². The van der Waals surface area contributed by atoms with E-state index in [0.29, 0.717) is 55.2 Å². The summed E-state index contributed by atoms with van der Waals surface area (Å²) in [6, 6.07) is 7.49. The summed E-state index contributed by atoms with van der Waals surface area (Å²) in [6.07, 6.45) is -1.13. The molecule has 3 nitrogen and oxygen atoms in total. The highest BCUT2D eigenvalue weighted by atomic mass is 19.3. The first-order valence-electron chi connectivity index (χ1n) is 14.4. The van der Waals surface area contributed by atoms with Crippen LogP contribution in [0.1, 0.15) is 50.0 Å². The van der Waals surface area contributed by atoms with Crippen molar-refractivity contribution in [3.05, 3.63) is 113 Å². The van der Waals surface area contributed by atoms with Crippen LogP contribution in [0, 0.1) is 46.6 Å². The van der Waals surface area contributed by atoms with Crippen molar-refractivity contribution in [2.45, 2.75) is 45.0 Å². The van der Waals surface area contributed by atoms with Gasteiger partial charge < -0.3 is 14.2 Å². The summed E-state index contributed by atoms with van der Waals surface area (Å²) in [5.41, 5.74) is -2.43. The van der Waals surface area contributed by atoms with Gasteiger partial charge in [0.15, 0.2) is 41.1 Å². The summed E-state index contributed by atoms with van der Waals surface area (Å²) in [6.45, 7) is 2.98. The lowest BCUT2D eigenvalue weighted by molar-refractivity contribution is -0.206. The predicted molar refractivity (Wildman–Crippen MR) is 150 cm³/mol. The van der Waals surface area contributed by atoms with E-state index >= 15 is 4.39 Å². The summed E-state index contributed by atoms with van der Waals surface area (Å²) in [5, 5.41) is 0. The Labute approximate surface area is 258 Å². The fraction of sp³-hybridized carbons (Fsp3) is 0.294. The highest BCUT2D eigenvalue weighted by molar-refractivity contribution is 5.66. The van der Waals surface area contributed by atoms with E-state index in [1.165, 1.54) is 12.1 Å². The van der Waals surface area contributed by atoms with Crippen LogP contribution in [0.2, 0.25) is 0 Å². The third-order valence-corrected chi connectivity index (χ3v) is 7.59. The van der Waals surface area contributed by atoms with E-state index in [1.54, 1.807) is 0 Å². The summed E-state index contributed by atoms with van der Waals surface area (Å²) < 4.78 is 146. The van der Waals surface area contributed by atoms with Crippen LogP contribution in [-0.4, -0.2) is 13.2 Å². The summed E-state index contributed by atoms with van der Waals surface area (Å²) in [7, 11) is 0. The van der Waals surface area contributed by atoms with Gasteiger partial charge in [0.25, 0.3) is 0 Å². The van der Waals surface area contributed by atoms with E-state index in [-0.39, 0.29) is 23.1 Å². The monoisotopic (exact) mass is 654 g/mol. The van der Waals surface area contributed by atoms with Gasteiger partial charge in [0.2, 0.25) is 0 Å². The van der Waals surface area contributed by atoms with Crippen molar-refractivity contribution in [3.8, 4) is 28.0 Å². The van der Waals surface area contributed by atoms with Crippen LogP contribution in [0.15, 0.2) is 60.7 Å². The zero-order chi connectivity index (χ0) is 33.2. The molecule has 0 aliphatic carbocycles. The van der Waals surface area contributed by atoms with Gasteiger partial charge in [-0.3, -0.25) is 0 Å². The van der Waals surface area contributed by atoms with E-state index in [4.69, 9.17) is 9.47 Å². The molecule has 0 amide bonds. The average Bonchev–Trinajstić information content (AvgIpc) is 3.01. The van der Waals surface area contributed by atoms with Crippen LogP contribution >= 0.6 is 0 Å². The Bertz CT molecular complexity index is 1670. The van der Waals surface area contributed by atoms with Gasteiger partial charge in [0.1, 0.15) is 11.6 Å². The molecular formula is C34H27F9O3.